The van der Waals surface area contributed by atoms with Crippen LogP contribution >= 0.6 is 0 Å². The minimum absolute atomic E-state index is 0.564. The van der Waals surface area contributed by atoms with Gasteiger partial charge in [0.15, 0.2) is 0 Å². The minimum atomic E-state index is 0.564. The number of aromatic nitrogens is 2. The average Bonchev–Trinajstić information content (AvgIpc) is 2.95. The number of para-hydroxylation sites is 1. The van der Waals surface area contributed by atoms with E-state index in [9.17, 15) is 0 Å². The highest BCUT2D eigenvalue weighted by atomic mass is 15.4. The third-order valence-electron chi connectivity index (χ3n) is 2.83. The Morgan fingerprint density at radius 3 is 2.50 bits per heavy atom. The zero-order valence-corrected chi connectivity index (χ0v) is 8.88. The van der Waals surface area contributed by atoms with E-state index in [1.165, 1.54) is 16.5 Å². The van der Waals surface area contributed by atoms with Gasteiger partial charge >= 0.3 is 0 Å². The SMILES string of the molecule is NCc1cn(-n2cccc2)c2ccccc12. The lowest BCUT2D eigenvalue weighted by atomic mass is 10.2. The molecule has 0 saturated heterocycles. The van der Waals surface area contributed by atoms with Crippen molar-refractivity contribution >= 4 is 10.9 Å². The first-order valence-corrected chi connectivity index (χ1v) is 5.33. The second kappa shape index (κ2) is 3.54. The molecule has 0 unspecified atom stereocenters. The van der Waals surface area contributed by atoms with Crippen LogP contribution in [0.15, 0.2) is 55.0 Å². The van der Waals surface area contributed by atoms with Gasteiger partial charge in [-0.25, -0.2) is 0 Å². The van der Waals surface area contributed by atoms with Crippen LogP contribution in [0, 0.1) is 0 Å². The Hall–Kier alpha value is -2.00. The zero-order chi connectivity index (χ0) is 11.0. The van der Waals surface area contributed by atoms with Crippen molar-refractivity contribution in [1.29, 1.82) is 0 Å². The Balaban J connectivity index is 2.33. The van der Waals surface area contributed by atoms with E-state index in [-0.39, 0.29) is 0 Å². The van der Waals surface area contributed by atoms with Crippen molar-refractivity contribution in [2.24, 2.45) is 5.73 Å². The van der Waals surface area contributed by atoms with Crippen LogP contribution in [0.4, 0.5) is 0 Å². The van der Waals surface area contributed by atoms with Gasteiger partial charge in [0, 0.05) is 30.5 Å². The van der Waals surface area contributed by atoms with Crippen LogP contribution in [-0.4, -0.2) is 9.35 Å². The molecule has 3 aromatic rings. The molecular formula is C13H13N3. The lowest BCUT2D eigenvalue weighted by Crippen LogP contribution is -2.04. The van der Waals surface area contributed by atoms with Crippen molar-refractivity contribution in [2.75, 3.05) is 0 Å². The molecule has 80 valence electrons. The molecule has 0 saturated carbocycles. The topological polar surface area (TPSA) is 35.9 Å². The smallest absolute Gasteiger partial charge is 0.0705 e. The fourth-order valence-corrected chi connectivity index (χ4v) is 2.05. The van der Waals surface area contributed by atoms with Crippen LogP contribution in [0.3, 0.4) is 0 Å². The van der Waals surface area contributed by atoms with Gasteiger partial charge in [-0.1, -0.05) is 18.2 Å². The standard InChI is InChI=1S/C13H13N3/c14-9-11-10-16(15-7-3-4-8-15)13-6-2-1-5-12(11)13/h1-8,10H,9,14H2. The maximum Gasteiger partial charge on any atom is 0.0705 e. The van der Waals surface area contributed by atoms with Gasteiger partial charge in [0.25, 0.3) is 0 Å². The summed E-state index contributed by atoms with van der Waals surface area (Å²) in [6.45, 7) is 0.564. The molecule has 0 aliphatic heterocycles. The van der Waals surface area contributed by atoms with Gasteiger partial charge in [0.2, 0.25) is 0 Å². The Morgan fingerprint density at radius 1 is 1.00 bits per heavy atom. The van der Waals surface area contributed by atoms with E-state index in [1.807, 2.05) is 41.3 Å². The number of hydrogen-bond donors (Lipinski definition) is 1. The molecule has 2 N–H and O–H groups in total. The quantitative estimate of drug-likeness (QED) is 0.693. The number of nitrogens with zero attached hydrogens (tertiary/aromatic N) is 2. The molecule has 0 fully saturated rings. The van der Waals surface area contributed by atoms with Crippen LogP contribution in [0.5, 0.6) is 0 Å². The second-order valence-corrected chi connectivity index (χ2v) is 3.78. The molecular weight excluding hydrogens is 198 g/mol. The second-order valence-electron chi connectivity index (χ2n) is 3.78. The third-order valence-corrected chi connectivity index (χ3v) is 2.83. The minimum Gasteiger partial charge on any atom is -0.326 e. The molecule has 3 heteroatoms. The highest BCUT2D eigenvalue weighted by Crippen LogP contribution is 2.20. The predicted octanol–water partition coefficient (Wildman–Crippen LogP) is 2.21. The molecule has 0 spiro atoms. The first-order chi connectivity index (χ1) is 7.90. The van der Waals surface area contributed by atoms with Gasteiger partial charge in [-0.2, -0.15) is 0 Å². The van der Waals surface area contributed by atoms with Crippen LogP contribution in [0.2, 0.25) is 0 Å². The van der Waals surface area contributed by atoms with Crippen LogP contribution in [-0.2, 0) is 6.54 Å². The van der Waals surface area contributed by atoms with E-state index in [4.69, 9.17) is 5.73 Å². The van der Waals surface area contributed by atoms with Gasteiger partial charge in [-0.15, -0.1) is 0 Å². The lowest BCUT2D eigenvalue weighted by Gasteiger charge is -2.05. The molecule has 3 nitrogen and oxygen atoms in total. The summed E-state index contributed by atoms with van der Waals surface area (Å²) in [6, 6.07) is 12.3. The van der Waals surface area contributed by atoms with E-state index in [1.54, 1.807) is 0 Å². The van der Waals surface area contributed by atoms with E-state index >= 15 is 0 Å². The fourth-order valence-electron chi connectivity index (χ4n) is 2.05. The van der Waals surface area contributed by atoms with Crippen molar-refractivity contribution in [2.45, 2.75) is 6.54 Å². The van der Waals surface area contributed by atoms with Gasteiger partial charge in [-0.3, -0.25) is 9.35 Å². The summed E-state index contributed by atoms with van der Waals surface area (Å²) in [6.07, 6.45) is 6.13. The van der Waals surface area contributed by atoms with Crippen molar-refractivity contribution in [3.05, 3.63) is 60.6 Å². The molecule has 0 atom stereocenters. The molecule has 3 rings (SSSR count). The Kier molecular flexibility index (Phi) is 2.04. The maximum absolute atomic E-state index is 5.76. The largest absolute Gasteiger partial charge is 0.326 e. The van der Waals surface area contributed by atoms with Gasteiger partial charge < -0.3 is 5.73 Å². The molecule has 2 heterocycles. The number of fused-ring (bicyclic) bond motifs is 1. The third kappa shape index (κ3) is 1.26. The maximum atomic E-state index is 5.76. The van der Waals surface area contributed by atoms with Crippen LogP contribution in [0.25, 0.3) is 10.9 Å². The normalized spacial score (nSPS) is 11.1. The Labute approximate surface area is 93.7 Å². The molecule has 2 aromatic heterocycles. The van der Waals surface area contributed by atoms with Gasteiger partial charge in [-0.05, 0) is 23.8 Å². The molecule has 0 aliphatic carbocycles. The predicted molar refractivity (Wildman–Crippen MR) is 65.1 cm³/mol. The monoisotopic (exact) mass is 211 g/mol. The van der Waals surface area contributed by atoms with Gasteiger partial charge in [0.1, 0.15) is 0 Å². The number of nitrogens with two attached hydrogens (primary N) is 1. The molecule has 16 heavy (non-hydrogen) atoms. The van der Waals surface area contributed by atoms with Crippen molar-refractivity contribution in [3.8, 4) is 0 Å². The summed E-state index contributed by atoms with van der Waals surface area (Å²) in [5, 5.41) is 1.22. The van der Waals surface area contributed by atoms with Gasteiger partial charge in [0.05, 0.1) is 5.52 Å². The number of benzene rings is 1. The summed E-state index contributed by atoms with van der Waals surface area (Å²) in [5.41, 5.74) is 8.11. The highest BCUT2D eigenvalue weighted by Gasteiger charge is 2.06. The molecule has 0 radical (unpaired) electrons. The first-order valence-electron chi connectivity index (χ1n) is 5.33. The van der Waals surface area contributed by atoms with E-state index in [0.717, 1.165) is 0 Å². The summed E-state index contributed by atoms with van der Waals surface area (Å²) < 4.78 is 4.15. The molecule has 0 bridgehead atoms. The van der Waals surface area contributed by atoms with E-state index in [0.29, 0.717) is 6.54 Å². The van der Waals surface area contributed by atoms with Crippen LogP contribution in [0.1, 0.15) is 5.56 Å². The van der Waals surface area contributed by atoms with Crippen molar-refractivity contribution in [1.82, 2.24) is 9.35 Å². The number of rotatable bonds is 2. The van der Waals surface area contributed by atoms with E-state index in [2.05, 4.69) is 23.0 Å². The number of hydrogen-bond acceptors (Lipinski definition) is 1. The summed E-state index contributed by atoms with van der Waals surface area (Å²) >= 11 is 0. The van der Waals surface area contributed by atoms with Crippen LogP contribution < -0.4 is 5.73 Å². The highest BCUT2D eigenvalue weighted by molar-refractivity contribution is 5.83. The van der Waals surface area contributed by atoms with E-state index < -0.39 is 0 Å². The Morgan fingerprint density at radius 2 is 1.75 bits per heavy atom. The molecule has 1 aromatic carbocycles. The summed E-state index contributed by atoms with van der Waals surface area (Å²) in [4.78, 5) is 0. The average molecular weight is 211 g/mol. The molecule has 0 aliphatic rings. The lowest BCUT2D eigenvalue weighted by molar-refractivity contribution is 0.689. The fraction of sp³-hybridized carbons (Fsp3) is 0.0769. The zero-order valence-electron chi connectivity index (χ0n) is 8.88. The van der Waals surface area contributed by atoms with Crippen molar-refractivity contribution < 1.29 is 0 Å². The van der Waals surface area contributed by atoms with Crippen molar-refractivity contribution in [3.63, 3.8) is 0 Å². The first kappa shape index (κ1) is 9.24. The molecule has 0 amide bonds. The Bertz CT molecular complexity index is 605. The summed E-state index contributed by atoms with van der Waals surface area (Å²) in [7, 11) is 0. The summed E-state index contributed by atoms with van der Waals surface area (Å²) in [5.74, 6) is 0.